The van der Waals surface area contributed by atoms with E-state index in [2.05, 4.69) is 10.6 Å². The zero-order valence-electron chi connectivity index (χ0n) is 10.5. The molecule has 1 unspecified atom stereocenters. The molecule has 1 atom stereocenters. The van der Waals surface area contributed by atoms with Crippen LogP contribution in [-0.2, 0) is 4.79 Å². The van der Waals surface area contributed by atoms with E-state index in [1.165, 1.54) is 6.07 Å². The maximum Gasteiger partial charge on any atom is 0.242 e. The van der Waals surface area contributed by atoms with Crippen molar-refractivity contribution in [2.75, 3.05) is 11.9 Å². The fourth-order valence-corrected chi connectivity index (χ4v) is 2.22. The number of anilines is 1. The van der Waals surface area contributed by atoms with Crippen LogP contribution in [0.4, 0.5) is 10.1 Å². The SMILES string of the molecule is O=C(Nc1cccc(-c2ccccc2Cl)c1F)C1CN1. The van der Waals surface area contributed by atoms with Gasteiger partial charge in [0.1, 0.15) is 0 Å². The summed E-state index contributed by atoms with van der Waals surface area (Å²) in [6.45, 7) is 0.637. The number of hydrogen-bond acceptors (Lipinski definition) is 2. The lowest BCUT2D eigenvalue weighted by molar-refractivity contribution is -0.115. The van der Waals surface area contributed by atoms with Crippen molar-refractivity contribution in [3.05, 3.63) is 53.3 Å². The Morgan fingerprint density at radius 1 is 1.20 bits per heavy atom. The summed E-state index contributed by atoms with van der Waals surface area (Å²) < 4.78 is 14.5. The zero-order valence-corrected chi connectivity index (χ0v) is 11.2. The van der Waals surface area contributed by atoms with E-state index in [0.717, 1.165) is 0 Å². The first-order valence-corrected chi connectivity index (χ1v) is 6.62. The van der Waals surface area contributed by atoms with E-state index in [0.29, 0.717) is 22.7 Å². The topological polar surface area (TPSA) is 51.0 Å². The molecule has 5 heteroatoms. The van der Waals surface area contributed by atoms with Crippen LogP contribution >= 0.6 is 11.6 Å². The second kappa shape index (κ2) is 5.23. The monoisotopic (exact) mass is 290 g/mol. The molecule has 1 saturated heterocycles. The summed E-state index contributed by atoms with van der Waals surface area (Å²) in [6.07, 6.45) is 0. The summed E-state index contributed by atoms with van der Waals surface area (Å²) in [5, 5.41) is 5.93. The number of carbonyl (C=O) groups is 1. The van der Waals surface area contributed by atoms with Crippen LogP contribution in [0.5, 0.6) is 0 Å². The molecule has 0 spiro atoms. The molecule has 1 heterocycles. The van der Waals surface area contributed by atoms with Crippen LogP contribution in [0, 0.1) is 5.82 Å². The van der Waals surface area contributed by atoms with Gasteiger partial charge in [0.15, 0.2) is 5.82 Å². The van der Waals surface area contributed by atoms with Crippen molar-refractivity contribution in [3.8, 4) is 11.1 Å². The standard InChI is InChI=1S/C15H12ClFN2O/c16-11-6-2-1-4-9(11)10-5-3-7-12(14(10)17)19-15(20)13-8-18-13/h1-7,13,18H,8H2,(H,19,20). The summed E-state index contributed by atoms with van der Waals surface area (Å²) in [6, 6.07) is 11.7. The summed E-state index contributed by atoms with van der Waals surface area (Å²) in [5.41, 5.74) is 1.14. The van der Waals surface area contributed by atoms with Crippen LogP contribution in [0.1, 0.15) is 0 Å². The molecule has 1 amide bonds. The highest BCUT2D eigenvalue weighted by Crippen LogP contribution is 2.32. The van der Waals surface area contributed by atoms with Crippen molar-refractivity contribution in [2.24, 2.45) is 0 Å². The lowest BCUT2D eigenvalue weighted by atomic mass is 10.0. The molecule has 0 aromatic heterocycles. The Morgan fingerprint density at radius 2 is 1.90 bits per heavy atom. The molecule has 0 bridgehead atoms. The van der Waals surface area contributed by atoms with Gasteiger partial charge in [-0.15, -0.1) is 0 Å². The first kappa shape index (κ1) is 13.1. The van der Waals surface area contributed by atoms with Crippen molar-refractivity contribution >= 4 is 23.2 Å². The molecule has 0 saturated carbocycles. The third kappa shape index (κ3) is 2.53. The highest BCUT2D eigenvalue weighted by molar-refractivity contribution is 6.33. The van der Waals surface area contributed by atoms with E-state index in [-0.39, 0.29) is 17.6 Å². The normalized spacial score (nSPS) is 16.8. The summed E-state index contributed by atoms with van der Waals surface area (Å²) in [4.78, 5) is 11.7. The van der Waals surface area contributed by atoms with Gasteiger partial charge in [-0.3, -0.25) is 4.79 Å². The van der Waals surface area contributed by atoms with Crippen LogP contribution in [0.2, 0.25) is 5.02 Å². The van der Waals surface area contributed by atoms with E-state index < -0.39 is 5.82 Å². The van der Waals surface area contributed by atoms with Crippen molar-refractivity contribution in [1.82, 2.24) is 5.32 Å². The van der Waals surface area contributed by atoms with Crippen LogP contribution < -0.4 is 10.6 Å². The molecular formula is C15H12ClFN2O. The molecule has 2 aromatic carbocycles. The van der Waals surface area contributed by atoms with Crippen LogP contribution in [0.3, 0.4) is 0 Å². The Kier molecular flexibility index (Phi) is 3.42. The lowest BCUT2D eigenvalue weighted by Gasteiger charge is -2.10. The van der Waals surface area contributed by atoms with Crippen LogP contribution in [0.25, 0.3) is 11.1 Å². The summed E-state index contributed by atoms with van der Waals surface area (Å²) >= 11 is 6.09. The first-order chi connectivity index (χ1) is 9.66. The number of rotatable bonds is 3. The van der Waals surface area contributed by atoms with E-state index in [9.17, 15) is 9.18 Å². The quantitative estimate of drug-likeness (QED) is 0.854. The van der Waals surface area contributed by atoms with Crippen LogP contribution in [0.15, 0.2) is 42.5 Å². The number of amides is 1. The molecule has 1 aliphatic heterocycles. The second-order valence-corrected chi connectivity index (χ2v) is 5.00. The van der Waals surface area contributed by atoms with Gasteiger partial charge in [-0.25, -0.2) is 4.39 Å². The second-order valence-electron chi connectivity index (χ2n) is 4.60. The Balaban J connectivity index is 1.96. The fraction of sp³-hybridized carbons (Fsp3) is 0.133. The third-order valence-electron chi connectivity index (χ3n) is 3.15. The lowest BCUT2D eigenvalue weighted by Crippen LogP contribution is -2.20. The van der Waals surface area contributed by atoms with Crippen molar-refractivity contribution < 1.29 is 9.18 Å². The van der Waals surface area contributed by atoms with Gasteiger partial charge in [0.2, 0.25) is 5.91 Å². The molecule has 0 radical (unpaired) electrons. The highest BCUT2D eigenvalue weighted by atomic mass is 35.5. The van der Waals surface area contributed by atoms with E-state index in [1.54, 1.807) is 36.4 Å². The van der Waals surface area contributed by atoms with Crippen molar-refractivity contribution in [2.45, 2.75) is 6.04 Å². The molecule has 0 aliphatic carbocycles. The molecule has 20 heavy (non-hydrogen) atoms. The Bertz CT molecular complexity index is 671. The first-order valence-electron chi connectivity index (χ1n) is 6.24. The predicted molar refractivity (Wildman–Crippen MR) is 77.3 cm³/mol. The van der Waals surface area contributed by atoms with E-state index in [4.69, 9.17) is 11.6 Å². The summed E-state index contributed by atoms with van der Waals surface area (Å²) in [7, 11) is 0. The molecule has 3 rings (SSSR count). The molecule has 102 valence electrons. The molecule has 3 nitrogen and oxygen atoms in total. The third-order valence-corrected chi connectivity index (χ3v) is 3.47. The predicted octanol–water partition coefficient (Wildman–Crippen LogP) is 3.06. The number of benzene rings is 2. The van der Waals surface area contributed by atoms with Gasteiger partial charge in [-0.05, 0) is 12.1 Å². The van der Waals surface area contributed by atoms with Gasteiger partial charge < -0.3 is 10.6 Å². The van der Waals surface area contributed by atoms with Gasteiger partial charge in [0.25, 0.3) is 0 Å². The molecule has 2 N–H and O–H groups in total. The maximum absolute atomic E-state index is 14.5. The van der Waals surface area contributed by atoms with Crippen molar-refractivity contribution in [1.29, 1.82) is 0 Å². The minimum Gasteiger partial charge on any atom is -0.322 e. The Hall–Kier alpha value is -1.91. The van der Waals surface area contributed by atoms with Crippen molar-refractivity contribution in [3.63, 3.8) is 0 Å². The molecule has 1 fully saturated rings. The largest absolute Gasteiger partial charge is 0.322 e. The smallest absolute Gasteiger partial charge is 0.242 e. The van der Waals surface area contributed by atoms with Gasteiger partial charge >= 0.3 is 0 Å². The minimum absolute atomic E-state index is 0.168. The zero-order chi connectivity index (χ0) is 14.1. The molecular weight excluding hydrogens is 279 g/mol. The van der Waals surface area contributed by atoms with E-state index >= 15 is 0 Å². The number of nitrogens with one attached hydrogen (secondary N) is 2. The highest BCUT2D eigenvalue weighted by Gasteiger charge is 2.29. The Morgan fingerprint density at radius 3 is 2.60 bits per heavy atom. The van der Waals surface area contributed by atoms with Crippen LogP contribution in [-0.4, -0.2) is 18.5 Å². The number of halogens is 2. The maximum atomic E-state index is 14.5. The van der Waals surface area contributed by atoms with Gasteiger partial charge in [0.05, 0.1) is 11.7 Å². The average molecular weight is 291 g/mol. The molecule has 1 aliphatic rings. The van der Waals surface area contributed by atoms with Gasteiger partial charge in [-0.2, -0.15) is 0 Å². The number of carbonyl (C=O) groups excluding carboxylic acids is 1. The van der Waals surface area contributed by atoms with E-state index in [1.807, 2.05) is 0 Å². The van der Waals surface area contributed by atoms with Gasteiger partial charge in [0, 0.05) is 22.7 Å². The molecule has 2 aromatic rings. The number of hydrogen-bond donors (Lipinski definition) is 2. The fourth-order valence-electron chi connectivity index (χ4n) is 1.98. The Labute approximate surface area is 120 Å². The van der Waals surface area contributed by atoms with Gasteiger partial charge in [-0.1, -0.05) is 41.9 Å². The summed E-state index contributed by atoms with van der Waals surface area (Å²) in [5.74, 6) is -0.699. The average Bonchev–Trinajstić information content (AvgIpc) is 3.26. The minimum atomic E-state index is -0.477.